The van der Waals surface area contributed by atoms with Crippen molar-refractivity contribution in [1.29, 1.82) is 0 Å². The molecule has 0 fully saturated rings. The second-order valence-corrected chi connectivity index (χ2v) is 4.90. The predicted molar refractivity (Wildman–Crippen MR) is 68.0 cm³/mol. The van der Waals surface area contributed by atoms with Gasteiger partial charge >= 0.3 is 6.03 Å². The van der Waals surface area contributed by atoms with Gasteiger partial charge in [0.25, 0.3) is 0 Å². The smallest absolute Gasteiger partial charge is 0.332 e. The molecule has 0 radical (unpaired) electrons. The van der Waals surface area contributed by atoms with E-state index in [1.807, 2.05) is 0 Å². The van der Waals surface area contributed by atoms with Crippen LogP contribution >= 0.6 is 11.9 Å². The van der Waals surface area contributed by atoms with Crippen molar-refractivity contribution < 1.29 is 23.5 Å². The normalized spacial score (nSPS) is 13.8. The summed E-state index contributed by atoms with van der Waals surface area (Å²) in [5.41, 5.74) is 0.158. The fourth-order valence-corrected chi connectivity index (χ4v) is 2.46. The Balaban J connectivity index is 2.12. The third-order valence-electron chi connectivity index (χ3n) is 2.44. The molecule has 108 valence electrons. The van der Waals surface area contributed by atoms with Gasteiger partial charge in [-0.05, 0) is 24.1 Å². The van der Waals surface area contributed by atoms with E-state index in [0.29, 0.717) is 11.9 Å². The first-order valence-electron chi connectivity index (χ1n) is 5.65. The van der Waals surface area contributed by atoms with Crippen LogP contribution in [-0.4, -0.2) is 41.0 Å². The van der Waals surface area contributed by atoms with Crippen LogP contribution in [0.25, 0.3) is 0 Å². The van der Waals surface area contributed by atoms with Gasteiger partial charge in [-0.2, -0.15) is 0 Å². The molecule has 0 saturated heterocycles. The summed E-state index contributed by atoms with van der Waals surface area (Å²) >= 11 is 0.651. The largest absolute Gasteiger partial charge is 0.395 e. The van der Waals surface area contributed by atoms with E-state index < -0.39 is 23.6 Å². The standard InChI is InChI=1S/C11H11F2N3O3S/c12-6-1-2-7-10(9(6)13)20-16(11(19)15-7)5-8(18)14-3-4-17/h1-2,17H,3-5H2,(H,14,18)(H,15,19). The molecule has 9 heteroatoms. The van der Waals surface area contributed by atoms with Crippen LogP contribution in [0.2, 0.25) is 0 Å². The van der Waals surface area contributed by atoms with E-state index >= 15 is 0 Å². The number of aliphatic hydroxyl groups excluding tert-OH is 1. The third kappa shape index (κ3) is 2.99. The number of nitrogens with zero attached hydrogens (tertiary/aromatic N) is 1. The first kappa shape index (κ1) is 14.5. The molecule has 1 heterocycles. The van der Waals surface area contributed by atoms with Crippen LogP contribution in [0.1, 0.15) is 0 Å². The Hall–Kier alpha value is -1.87. The fourth-order valence-electron chi connectivity index (χ4n) is 1.53. The zero-order valence-electron chi connectivity index (χ0n) is 10.2. The highest BCUT2D eigenvalue weighted by atomic mass is 32.2. The number of aliphatic hydroxyl groups is 1. The zero-order valence-corrected chi connectivity index (χ0v) is 11.0. The van der Waals surface area contributed by atoms with E-state index in [1.54, 1.807) is 0 Å². The van der Waals surface area contributed by atoms with E-state index in [4.69, 9.17) is 5.11 Å². The van der Waals surface area contributed by atoms with Crippen LogP contribution in [0.3, 0.4) is 0 Å². The Bertz CT molecular complexity index is 556. The predicted octanol–water partition coefficient (Wildman–Crippen LogP) is 0.928. The molecule has 3 amide bonds. The van der Waals surface area contributed by atoms with Gasteiger partial charge in [0.15, 0.2) is 11.6 Å². The van der Waals surface area contributed by atoms with Gasteiger partial charge in [-0.25, -0.2) is 13.6 Å². The molecular weight excluding hydrogens is 292 g/mol. The van der Waals surface area contributed by atoms with Crippen molar-refractivity contribution in [2.75, 3.05) is 25.0 Å². The number of urea groups is 1. The summed E-state index contributed by atoms with van der Waals surface area (Å²) in [7, 11) is 0. The number of halogens is 2. The lowest BCUT2D eigenvalue weighted by molar-refractivity contribution is -0.121. The lowest BCUT2D eigenvalue weighted by Crippen LogP contribution is -2.41. The Morgan fingerprint density at radius 2 is 2.20 bits per heavy atom. The fraction of sp³-hybridized carbons (Fsp3) is 0.273. The van der Waals surface area contributed by atoms with Crippen molar-refractivity contribution in [2.24, 2.45) is 0 Å². The van der Waals surface area contributed by atoms with E-state index in [1.165, 1.54) is 6.07 Å². The molecular formula is C11H11F2N3O3S. The Labute approximate surface area is 117 Å². The molecule has 0 aromatic heterocycles. The monoisotopic (exact) mass is 303 g/mol. The Kier molecular flexibility index (Phi) is 4.40. The van der Waals surface area contributed by atoms with Gasteiger partial charge in [0.1, 0.15) is 6.54 Å². The zero-order chi connectivity index (χ0) is 14.7. The van der Waals surface area contributed by atoms with Crippen molar-refractivity contribution in [3.8, 4) is 0 Å². The maximum Gasteiger partial charge on any atom is 0.332 e. The first-order valence-corrected chi connectivity index (χ1v) is 6.42. The molecule has 0 spiro atoms. The van der Waals surface area contributed by atoms with Crippen molar-refractivity contribution in [3.63, 3.8) is 0 Å². The molecule has 20 heavy (non-hydrogen) atoms. The van der Waals surface area contributed by atoms with Crippen molar-refractivity contribution >= 4 is 29.6 Å². The van der Waals surface area contributed by atoms with Crippen LogP contribution in [-0.2, 0) is 4.79 Å². The number of anilines is 1. The third-order valence-corrected chi connectivity index (χ3v) is 3.54. The molecule has 1 aliphatic rings. The van der Waals surface area contributed by atoms with Crippen LogP contribution in [0.4, 0.5) is 19.3 Å². The van der Waals surface area contributed by atoms with E-state index in [-0.39, 0.29) is 30.3 Å². The average Bonchev–Trinajstić information content (AvgIpc) is 2.42. The lowest BCUT2D eigenvalue weighted by atomic mass is 10.3. The molecule has 0 bridgehead atoms. The molecule has 0 aliphatic carbocycles. The molecule has 1 aromatic rings. The van der Waals surface area contributed by atoms with Gasteiger partial charge in [-0.15, -0.1) is 0 Å². The number of rotatable bonds is 4. The van der Waals surface area contributed by atoms with Crippen LogP contribution in [0.15, 0.2) is 17.0 Å². The Morgan fingerprint density at radius 3 is 2.90 bits per heavy atom. The molecule has 1 aliphatic heterocycles. The lowest BCUT2D eigenvalue weighted by Gasteiger charge is -2.27. The number of amides is 3. The van der Waals surface area contributed by atoms with Gasteiger partial charge in [-0.1, -0.05) is 0 Å². The highest BCUT2D eigenvalue weighted by Crippen LogP contribution is 2.37. The highest BCUT2D eigenvalue weighted by molar-refractivity contribution is 7.97. The van der Waals surface area contributed by atoms with Gasteiger partial charge in [0, 0.05) is 6.54 Å². The van der Waals surface area contributed by atoms with E-state index in [0.717, 1.165) is 10.4 Å². The number of hydrogen-bond acceptors (Lipinski definition) is 4. The second-order valence-electron chi connectivity index (χ2n) is 3.87. The quantitative estimate of drug-likeness (QED) is 0.723. The molecule has 0 unspecified atom stereocenters. The summed E-state index contributed by atoms with van der Waals surface area (Å²) in [6.45, 7) is -0.516. The number of benzene rings is 1. The van der Waals surface area contributed by atoms with Crippen molar-refractivity contribution in [1.82, 2.24) is 9.62 Å². The molecule has 0 atom stereocenters. The minimum atomic E-state index is -1.08. The van der Waals surface area contributed by atoms with Crippen LogP contribution in [0.5, 0.6) is 0 Å². The number of carbonyl (C=O) groups excluding carboxylic acids is 2. The molecule has 3 N–H and O–H groups in total. The van der Waals surface area contributed by atoms with Gasteiger partial charge in [0.2, 0.25) is 5.91 Å². The summed E-state index contributed by atoms with van der Waals surface area (Å²) in [4.78, 5) is 23.1. The number of nitrogens with one attached hydrogen (secondary N) is 2. The minimum absolute atomic E-state index is 0.0541. The summed E-state index contributed by atoms with van der Waals surface area (Å²) in [5, 5.41) is 13.3. The van der Waals surface area contributed by atoms with Crippen molar-refractivity contribution in [3.05, 3.63) is 23.8 Å². The molecule has 2 rings (SSSR count). The van der Waals surface area contributed by atoms with Gasteiger partial charge < -0.3 is 15.7 Å². The summed E-state index contributed by atoms with van der Waals surface area (Å²) in [5.74, 6) is -2.62. The topological polar surface area (TPSA) is 81.7 Å². The molecule has 0 saturated carbocycles. The molecule has 1 aromatic carbocycles. The first-order chi connectivity index (χ1) is 9.52. The number of hydrogen-bond donors (Lipinski definition) is 3. The second kappa shape index (κ2) is 6.06. The number of fused-ring (bicyclic) bond motifs is 1. The van der Waals surface area contributed by atoms with Gasteiger partial charge in [0.05, 0.1) is 17.2 Å². The van der Waals surface area contributed by atoms with E-state index in [2.05, 4.69) is 10.6 Å². The average molecular weight is 303 g/mol. The summed E-state index contributed by atoms with van der Waals surface area (Å²) in [6, 6.07) is 1.56. The van der Waals surface area contributed by atoms with Crippen LogP contribution in [0, 0.1) is 11.6 Å². The van der Waals surface area contributed by atoms with Crippen molar-refractivity contribution in [2.45, 2.75) is 4.90 Å². The van der Waals surface area contributed by atoms with Crippen LogP contribution < -0.4 is 10.6 Å². The number of carbonyl (C=O) groups is 2. The molecule has 6 nitrogen and oxygen atoms in total. The summed E-state index contributed by atoms with van der Waals surface area (Å²) in [6.07, 6.45) is 0. The maximum absolute atomic E-state index is 13.6. The van der Waals surface area contributed by atoms with Gasteiger partial charge in [-0.3, -0.25) is 9.10 Å². The Morgan fingerprint density at radius 1 is 1.45 bits per heavy atom. The van der Waals surface area contributed by atoms with E-state index in [9.17, 15) is 18.4 Å². The maximum atomic E-state index is 13.6. The summed E-state index contributed by atoms with van der Waals surface area (Å²) < 4.78 is 27.7. The SMILES string of the molecule is O=C(CN1Sc2c(ccc(F)c2F)NC1=O)NCCO. The minimum Gasteiger partial charge on any atom is -0.395 e. The highest BCUT2D eigenvalue weighted by Gasteiger charge is 2.29.